The van der Waals surface area contributed by atoms with Crippen LogP contribution >= 0.6 is 0 Å². The molecule has 3 aromatic heterocycles. The number of nitrogens with zero attached hydrogens (tertiary/aromatic N) is 5. The third-order valence-electron chi connectivity index (χ3n) is 13.2. The van der Waals surface area contributed by atoms with Crippen LogP contribution < -0.4 is 25.7 Å². The van der Waals surface area contributed by atoms with Crippen LogP contribution in [0.4, 0.5) is 28.9 Å². The predicted molar refractivity (Wildman–Crippen MR) is 259 cm³/mol. The van der Waals surface area contributed by atoms with Crippen molar-refractivity contribution in [1.29, 1.82) is 0 Å². The molecule has 2 N–H and O–H groups in total. The molecule has 0 bridgehead atoms. The summed E-state index contributed by atoms with van der Waals surface area (Å²) in [5.41, 5.74) is 5.16. The third-order valence-corrected chi connectivity index (χ3v) is 13.2. The molecular weight excluding hydrogens is 907 g/mol. The molecule has 3 aromatic carbocycles. The number of amides is 1. The molecule has 5 heterocycles. The molecule has 0 unspecified atom stereocenters. The van der Waals surface area contributed by atoms with E-state index in [2.05, 4.69) is 27.6 Å². The van der Waals surface area contributed by atoms with Crippen molar-refractivity contribution >= 4 is 28.2 Å². The van der Waals surface area contributed by atoms with E-state index in [-0.39, 0.29) is 48.6 Å². The number of carbonyl (C=O) groups is 1. The second-order valence-electron chi connectivity index (χ2n) is 18.6. The van der Waals surface area contributed by atoms with Crippen LogP contribution in [0.2, 0.25) is 0 Å². The second-order valence-corrected chi connectivity index (χ2v) is 18.6. The quantitative estimate of drug-likeness (QED) is 0.0764. The summed E-state index contributed by atoms with van der Waals surface area (Å²) in [5.74, 6) is 7.76. The number of aromatic nitrogens is 3. The maximum absolute atomic E-state index is 14.9. The molecule has 3 aliphatic rings. The van der Waals surface area contributed by atoms with Crippen LogP contribution in [0.15, 0.2) is 100 Å². The minimum atomic E-state index is -4.46. The Balaban J connectivity index is 0.690. The predicted octanol–water partition coefficient (Wildman–Crippen LogP) is 8.60. The lowest BCUT2D eigenvalue weighted by atomic mass is 9.94. The molecule has 17 heteroatoms. The van der Waals surface area contributed by atoms with E-state index in [4.69, 9.17) is 18.7 Å². The summed E-state index contributed by atoms with van der Waals surface area (Å²) in [6, 6.07) is 24.5. The number of hydrogen-bond acceptors (Lipinski definition) is 10. The molecule has 70 heavy (non-hydrogen) atoms. The van der Waals surface area contributed by atoms with Crippen molar-refractivity contribution in [2.45, 2.75) is 95.7 Å². The fraction of sp³-hybridized carbons (Fsp3) is 0.415. The van der Waals surface area contributed by atoms with Gasteiger partial charge in [0.15, 0.2) is 6.61 Å². The molecule has 9 rings (SSSR count). The van der Waals surface area contributed by atoms with E-state index in [9.17, 15) is 27.2 Å². The van der Waals surface area contributed by atoms with Crippen LogP contribution in [0.3, 0.4) is 0 Å². The number of fused-ring (bicyclic) bond motifs is 1. The summed E-state index contributed by atoms with van der Waals surface area (Å²) in [4.78, 5) is 29.4. The highest BCUT2D eigenvalue weighted by atomic mass is 19.4. The van der Waals surface area contributed by atoms with Crippen LogP contribution in [0.25, 0.3) is 22.0 Å². The van der Waals surface area contributed by atoms with Crippen LogP contribution in [-0.2, 0) is 22.6 Å². The standard InChI is InChI=1S/C53H57F4N7O6/c1-34-52(35(2)70-60-34)37-12-21-50(65)62(28-37)27-36-7-4-9-43(25-36)67-32-51(66)63-29-44(30-63)69-42-19-17-41(18-20-42)68-40-15-13-38(14-16-40)58-23-6-8-39-26-45-47(59-48-22-24-61(3)31-46(48)54)10-5-11-49(45)64(39)33-53(55,56)57/h4-5,7,9-16,21,25-26,28,41-42,44,46,48,58-59H,17-20,22-24,27,29-33H2,1-3H3/t41?,42?,46-,48+/m0/s1. The molecule has 0 spiro atoms. The van der Waals surface area contributed by atoms with Crippen molar-refractivity contribution in [3.05, 3.63) is 124 Å². The number of anilines is 2. The van der Waals surface area contributed by atoms with E-state index in [0.29, 0.717) is 60.7 Å². The first-order valence-corrected chi connectivity index (χ1v) is 23.8. The molecular formula is C53H57F4N7O6. The zero-order valence-corrected chi connectivity index (χ0v) is 39.4. The van der Waals surface area contributed by atoms with Crippen LogP contribution in [0, 0.1) is 25.7 Å². The number of halogens is 4. The number of nitrogens with one attached hydrogen (secondary N) is 2. The lowest BCUT2D eigenvalue weighted by Crippen LogP contribution is -2.57. The van der Waals surface area contributed by atoms with Gasteiger partial charge < -0.3 is 48.3 Å². The Bertz CT molecular complexity index is 2890. The molecule has 2 saturated heterocycles. The number of pyridine rings is 1. The zero-order valence-electron chi connectivity index (χ0n) is 39.4. The van der Waals surface area contributed by atoms with Crippen molar-refractivity contribution in [3.63, 3.8) is 0 Å². The van der Waals surface area contributed by atoms with Gasteiger partial charge in [-0.2, -0.15) is 13.2 Å². The Morgan fingerprint density at radius 2 is 1.67 bits per heavy atom. The highest BCUT2D eigenvalue weighted by Crippen LogP contribution is 2.33. The normalized spacial score (nSPS) is 19.8. The van der Waals surface area contributed by atoms with Gasteiger partial charge in [0, 0.05) is 66.3 Å². The molecule has 3 fully saturated rings. The average molecular weight is 964 g/mol. The number of piperidine rings is 1. The van der Waals surface area contributed by atoms with Crippen molar-refractivity contribution in [2.75, 3.05) is 57.0 Å². The fourth-order valence-electron chi connectivity index (χ4n) is 9.56. The van der Waals surface area contributed by atoms with E-state index in [0.717, 1.165) is 66.0 Å². The molecule has 1 saturated carbocycles. The number of aryl methyl sites for hydroxylation is 2. The van der Waals surface area contributed by atoms with Crippen molar-refractivity contribution in [2.24, 2.45) is 0 Å². The molecule has 0 radical (unpaired) electrons. The number of likely N-dealkylation sites (tertiary alicyclic amines) is 2. The molecule has 2 atom stereocenters. The smallest absolute Gasteiger partial charge is 0.406 e. The van der Waals surface area contributed by atoms with E-state index < -0.39 is 24.9 Å². The maximum atomic E-state index is 14.9. The minimum Gasteiger partial charge on any atom is -0.490 e. The topological polar surface area (TPSA) is 128 Å². The largest absolute Gasteiger partial charge is 0.490 e. The Kier molecular flexibility index (Phi) is 14.5. The average Bonchev–Trinajstić information content (AvgIpc) is 3.85. The van der Waals surface area contributed by atoms with Gasteiger partial charge in [0.2, 0.25) is 0 Å². The van der Waals surface area contributed by atoms with Gasteiger partial charge in [0.1, 0.15) is 30.0 Å². The zero-order chi connectivity index (χ0) is 48.9. The van der Waals surface area contributed by atoms with Gasteiger partial charge in [-0.1, -0.05) is 29.3 Å². The summed E-state index contributed by atoms with van der Waals surface area (Å²) < 4.78 is 82.7. The highest BCUT2D eigenvalue weighted by molar-refractivity contribution is 5.94. The van der Waals surface area contributed by atoms with Gasteiger partial charge in [-0.15, -0.1) is 0 Å². The number of ether oxygens (including phenoxy) is 3. The summed E-state index contributed by atoms with van der Waals surface area (Å²) in [7, 11) is 1.87. The van der Waals surface area contributed by atoms with E-state index in [1.54, 1.807) is 52.1 Å². The van der Waals surface area contributed by atoms with E-state index in [1.807, 2.05) is 68.3 Å². The number of rotatable bonds is 15. The van der Waals surface area contributed by atoms with Gasteiger partial charge in [-0.05, 0) is 125 Å². The first kappa shape index (κ1) is 48.3. The van der Waals surface area contributed by atoms with Crippen LogP contribution in [0.5, 0.6) is 11.5 Å². The Labute approximate surface area is 403 Å². The summed E-state index contributed by atoms with van der Waals surface area (Å²) in [6.45, 7) is 4.98. The lowest BCUT2D eigenvalue weighted by molar-refractivity contribution is -0.154. The first-order chi connectivity index (χ1) is 33.7. The van der Waals surface area contributed by atoms with Gasteiger partial charge in [0.05, 0.1) is 54.3 Å². The third kappa shape index (κ3) is 11.8. The van der Waals surface area contributed by atoms with Crippen molar-refractivity contribution in [3.8, 4) is 34.5 Å². The maximum Gasteiger partial charge on any atom is 0.406 e. The Morgan fingerprint density at radius 1 is 0.900 bits per heavy atom. The van der Waals surface area contributed by atoms with Crippen molar-refractivity contribution < 1.29 is 41.1 Å². The highest BCUT2D eigenvalue weighted by Gasteiger charge is 2.35. The van der Waals surface area contributed by atoms with Gasteiger partial charge in [-0.25, -0.2) is 4.39 Å². The second kappa shape index (κ2) is 21.1. The number of carbonyl (C=O) groups excluding carboxylic acids is 1. The van der Waals surface area contributed by atoms with Gasteiger partial charge in [-0.3, -0.25) is 9.59 Å². The summed E-state index contributed by atoms with van der Waals surface area (Å²) in [5, 5.41) is 11.1. The van der Waals surface area contributed by atoms with E-state index in [1.165, 1.54) is 10.6 Å². The molecule has 368 valence electrons. The Hall–Kier alpha value is -6.77. The first-order valence-electron chi connectivity index (χ1n) is 23.8. The molecule has 6 aromatic rings. The van der Waals surface area contributed by atoms with Crippen LogP contribution in [0.1, 0.15) is 54.8 Å². The fourth-order valence-corrected chi connectivity index (χ4v) is 9.56. The lowest BCUT2D eigenvalue weighted by Gasteiger charge is -2.41. The minimum absolute atomic E-state index is 0.0280. The van der Waals surface area contributed by atoms with Gasteiger partial charge in [0.25, 0.3) is 11.5 Å². The Morgan fingerprint density at radius 3 is 2.41 bits per heavy atom. The number of hydrogen-bond donors (Lipinski definition) is 2. The molecule has 2 aliphatic heterocycles. The van der Waals surface area contributed by atoms with Crippen molar-refractivity contribution in [1.82, 2.24) is 24.1 Å². The molecule has 13 nitrogen and oxygen atoms in total. The van der Waals surface area contributed by atoms with Crippen LogP contribution in [-0.4, -0.2) is 113 Å². The number of alkyl halides is 4. The molecule has 1 amide bonds. The summed E-state index contributed by atoms with van der Waals surface area (Å²) in [6.07, 6.45) is 0.290. The summed E-state index contributed by atoms with van der Waals surface area (Å²) >= 11 is 0. The number of benzene rings is 3. The molecule has 1 aliphatic carbocycles. The van der Waals surface area contributed by atoms with E-state index >= 15 is 0 Å². The van der Waals surface area contributed by atoms with Gasteiger partial charge >= 0.3 is 6.18 Å². The SMILES string of the molecule is Cc1noc(C)c1-c1ccc(=O)n(Cc2cccc(OCC(=O)N3CC(OC4CCC(Oc5ccc(NCC#Cc6cc7c(N[C@@H]8CCN(C)C[C@@H]8F)cccc7n6CC(F)(F)F)cc5)CC4)C3)c2)c1. The monoisotopic (exact) mass is 963 g/mol.